The van der Waals surface area contributed by atoms with Crippen LogP contribution in [0.2, 0.25) is 0 Å². The summed E-state index contributed by atoms with van der Waals surface area (Å²) in [5.74, 6) is 0. The fourth-order valence-corrected chi connectivity index (χ4v) is 0. The molecule has 0 unspecified atom stereocenters. The van der Waals surface area contributed by atoms with E-state index in [0.29, 0.717) is 0 Å². The molecule has 0 radical (unpaired) electrons. The molecule has 0 aliphatic rings. The minimum Gasteiger partial charge on any atom is -0.181 e. The van der Waals surface area contributed by atoms with E-state index < -0.39 is 18.6 Å². The second-order valence-corrected chi connectivity index (χ2v) is 1.17. The third-order valence-electron chi connectivity index (χ3n) is 0. The maximum atomic E-state index is 8.81. The molecule has 0 atom stereocenters. The minimum atomic E-state index is -3.58. The summed E-state index contributed by atoms with van der Waals surface area (Å²) in [5.41, 5.74) is 0. The summed E-state index contributed by atoms with van der Waals surface area (Å²) >= 11 is 1.19. The van der Waals surface area contributed by atoms with Crippen LogP contribution < -0.4 is 0 Å². The van der Waals surface area contributed by atoms with E-state index in [1.807, 2.05) is 0 Å². The van der Waals surface area contributed by atoms with E-state index >= 15 is 0 Å². The van der Waals surface area contributed by atoms with Gasteiger partial charge < -0.3 is 0 Å². The molecule has 0 bridgehead atoms. The normalized spacial score (nSPS) is 5.83. The Morgan fingerprint density at radius 2 is 1.50 bits per heavy atom. The Morgan fingerprint density at radius 3 is 1.50 bits per heavy atom. The van der Waals surface area contributed by atoms with Gasteiger partial charge in [0.1, 0.15) is 9.55 Å². The van der Waals surface area contributed by atoms with Crippen LogP contribution in [0.1, 0.15) is 0 Å². The van der Waals surface area contributed by atoms with E-state index in [-0.39, 0.29) is 0 Å². The zero-order chi connectivity index (χ0) is 5.58. The number of rotatable bonds is 0. The largest absolute Gasteiger partial charge is 0.181 e. The van der Waals surface area contributed by atoms with Crippen LogP contribution in [0.15, 0.2) is 0 Å². The van der Waals surface area contributed by atoms with Crippen LogP contribution in [0.4, 0.5) is 0 Å². The zero-order valence-corrected chi connectivity index (χ0v) is 7.50. The molecule has 2 N–H and O–H groups in total. The maximum absolute atomic E-state index is 8.81. The summed E-state index contributed by atoms with van der Waals surface area (Å²) in [6.07, 6.45) is 0. The first-order valence-corrected chi connectivity index (χ1v) is 6.09. The number of halogens is 1. The van der Waals surface area contributed by atoms with E-state index in [0.717, 1.165) is 9.55 Å². The third kappa shape index (κ3) is 86.6. The Bertz CT molecular complexity index is 33.8. The molecule has 0 saturated heterocycles. The summed E-state index contributed by atoms with van der Waals surface area (Å²) in [4.78, 5) is 0. The van der Waals surface area contributed by atoms with Gasteiger partial charge >= 0.3 is 29.3 Å². The van der Waals surface area contributed by atoms with Gasteiger partial charge in [0.15, 0.2) is 0 Å². The Hall–Kier alpha value is 0.941. The van der Waals surface area contributed by atoms with E-state index in [9.17, 15) is 0 Å². The van der Waals surface area contributed by atoms with Crippen LogP contribution in [-0.4, -0.2) is 16.9 Å². The van der Waals surface area contributed by atoms with Crippen molar-refractivity contribution in [3.8, 4) is 0 Å². The van der Waals surface area contributed by atoms with Gasteiger partial charge in [-0.3, -0.25) is 0 Å². The SMILES string of the molecule is [O]=[Ti]([OH])[OH].[SiH3]Cl. The first kappa shape index (κ1) is 10.0. The summed E-state index contributed by atoms with van der Waals surface area (Å²) in [6.45, 7) is 0. The van der Waals surface area contributed by atoms with Crippen molar-refractivity contribution in [1.82, 2.24) is 0 Å². The molecule has 0 aliphatic heterocycles. The van der Waals surface area contributed by atoms with E-state index in [2.05, 4.69) is 0 Å². The van der Waals surface area contributed by atoms with Gasteiger partial charge in [0.25, 0.3) is 0 Å². The summed E-state index contributed by atoms with van der Waals surface area (Å²) in [6, 6.07) is 0. The summed E-state index contributed by atoms with van der Waals surface area (Å²) in [5, 5.41) is 0. The molecule has 0 aromatic rings. The molecule has 6 heteroatoms. The molecule has 0 heterocycles. The number of hydrogen-bond donors (Lipinski definition) is 2. The fraction of sp³-hybridized carbons (Fsp3) is 0. The molecular formula is H5ClO3SiTi. The van der Waals surface area contributed by atoms with Gasteiger partial charge in [-0.05, 0) is 0 Å². The van der Waals surface area contributed by atoms with E-state index in [1.165, 1.54) is 0 Å². The third-order valence-corrected chi connectivity index (χ3v) is 0. The van der Waals surface area contributed by atoms with Gasteiger partial charge in [-0.15, -0.1) is 0 Å². The van der Waals surface area contributed by atoms with Gasteiger partial charge in [0, 0.05) is 0 Å². The molecular weight excluding hydrogens is 159 g/mol. The van der Waals surface area contributed by atoms with Crippen LogP contribution in [0, 0.1) is 0 Å². The smallest absolute Gasteiger partial charge is 0.109 e. The van der Waals surface area contributed by atoms with Gasteiger partial charge in [-0.2, -0.15) is 11.1 Å². The van der Waals surface area contributed by atoms with E-state index in [1.54, 1.807) is 0 Å². The molecule has 0 aromatic carbocycles. The topological polar surface area (TPSA) is 57.5 Å². The Balaban J connectivity index is 0. The Labute approximate surface area is 50.2 Å². The molecule has 0 fully saturated rings. The molecule has 3 nitrogen and oxygen atoms in total. The van der Waals surface area contributed by atoms with Crippen molar-refractivity contribution in [2.75, 3.05) is 0 Å². The standard InChI is InChI=1S/ClH3Si.2H2O.O.Ti/c1-2;;;;/h2H3;2*1H2;;/q;;;;+2/p-2. The summed E-state index contributed by atoms with van der Waals surface area (Å²) < 4.78 is 23.2. The minimum absolute atomic E-state index is 0.778. The van der Waals surface area contributed by atoms with Crippen LogP contribution in [0.25, 0.3) is 0 Å². The molecule has 0 amide bonds. The Kier molecular flexibility index (Phi) is 15.6. The van der Waals surface area contributed by atoms with Crippen molar-refractivity contribution < 1.29 is 29.3 Å². The van der Waals surface area contributed by atoms with Gasteiger partial charge in [-0.1, -0.05) is 0 Å². The first-order valence-electron chi connectivity index (χ1n) is 1.03. The molecule has 0 rings (SSSR count). The molecule has 0 saturated carbocycles. The quantitative estimate of drug-likeness (QED) is 0.330. The van der Waals surface area contributed by atoms with Crippen molar-refractivity contribution in [2.45, 2.75) is 0 Å². The molecule has 0 aliphatic carbocycles. The average molecular weight is 164 g/mol. The molecule has 6 heavy (non-hydrogen) atoms. The van der Waals surface area contributed by atoms with Crippen molar-refractivity contribution in [2.24, 2.45) is 0 Å². The summed E-state index contributed by atoms with van der Waals surface area (Å²) in [7, 11) is 0.778. The van der Waals surface area contributed by atoms with Gasteiger partial charge in [-0.25, -0.2) is 0 Å². The molecule has 0 aromatic heterocycles. The van der Waals surface area contributed by atoms with Gasteiger partial charge in [0.05, 0.1) is 0 Å². The maximum Gasteiger partial charge on any atom is 0.109 e. The van der Waals surface area contributed by atoms with Gasteiger partial charge in [0.2, 0.25) is 0 Å². The van der Waals surface area contributed by atoms with Crippen LogP contribution in [-0.2, 0) is 21.9 Å². The van der Waals surface area contributed by atoms with Crippen molar-refractivity contribution in [3.05, 3.63) is 0 Å². The van der Waals surface area contributed by atoms with Crippen molar-refractivity contribution in [3.63, 3.8) is 0 Å². The average Bonchev–Trinajstić information content (AvgIpc) is 1.41. The molecule has 38 valence electrons. The number of hydrogen-bond acceptors (Lipinski definition) is 1. The first-order chi connectivity index (χ1) is 2.73. The predicted octanol–water partition coefficient (Wildman–Crippen LogP) is -1.73. The van der Waals surface area contributed by atoms with Crippen molar-refractivity contribution >= 4 is 20.6 Å². The predicted molar refractivity (Wildman–Crippen MR) is 20.9 cm³/mol. The van der Waals surface area contributed by atoms with Crippen LogP contribution >= 0.6 is 11.1 Å². The van der Waals surface area contributed by atoms with Crippen LogP contribution in [0.5, 0.6) is 0 Å². The second kappa shape index (κ2) is 9.34. The molecule has 0 spiro atoms. The zero-order valence-electron chi connectivity index (χ0n) is 3.18. The fourth-order valence-electron chi connectivity index (χ4n) is 0. The second-order valence-electron chi connectivity index (χ2n) is 0.283. The van der Waals surface area contributed by atoms with Crippen LogP contribution in [0.3, 0.4) is 0 Å². The van der Waals surface area contributed by atoms with Crippen molar-refractivity contribution in [1.29, 1.82) is 0 Å². The monoisotopic (exact) mass is 164 g/mol. The Morgan fingerprint density at radius 1 is 1.50 bits per heavy atom. The van der Waals surface area contributed by atoms with E-state index in [4.69, 9.17) is 21.8 Å².